The minimum Gasteiger partial charge on any atom is -0.481 e. The lowest BCUT2D eigenvalue weighted by atomic mass is 10.1. The number of methoxy groups -OCH3 is 1. The van der Waals surface area contributed by atoms with Gasteiger partial charge < -0.3 is 4.74 Å². The normalized spacial score (nSPS) is 10.8. The van der Waals surface area contributed by atoms with Gasteiger partial charge in [0.15, 0.2) is 5.52 Å². The molecule has 7 nitrogen and oxygen atoms in total. The van der Waals surface area contributed by atoms with E-state index in [1.54, 1.807) is 37.7 Å². The lowest BCUT2D eigenvalue weighted by Crippen LogP contribution is -2.22. The molecule has 26 heavy (non-hydrogen) atoms. The van der Waals surface area contributed by atoms with Crippen molar-refractivity contribution in [1.82, 2.24) is 24.5 Å². The summed E-state index contributed by atoms with van der Waals surface area (Å²) in [6, 6.07) is 12.8. The van der Waals surface area contributed by atoms with Crippen LogP contribution < -0.4 is 10.3 Å². The van der Waals surface area contributed by atoms with Crippen LogP contribution in [0.25, 0.3) is 22.3 Å². The lowest BCUT2D eigenvalue weighted by Gasteiger charge is -2.08. The first-order chi connectivity index (χ1) is 12.8. The highest BCUT2D eigenvalue weighted by atomic mass is 16.5. The number of rotatable bonds is 4. The van der Waals surface area contributed by atoms with Gasteiger partial charge in [-0.05, 0) is 36.4 Å². The van der Waals surface area contributed by atoms with E-state index in [0.29, 0.717) is 29.2 Å². The molecule has 0 unspecified atom stereocenters. The van der Waals surface area contributed by atoms with Gasteiger partial charge in [0, 0.05) is 12.4 Å². The minimum atomic E-state index is -0.217. The molecule has 0 aliphatic carbocycles. The number of pyridine rings is 3. The van der Waals surface area contributed by atoms with Crippen molar-refractivity contribution in [3.8, 4) is 17.1 Å². The van der Waals surface area contributed by atoms with Crippen LogP contribution in [-0.4, -0.2) is 31.6 Å². The van der Waals surface area contributed by atoms with Crippen molar-refractivity contribution in [2.45, 2.75) is 6.54 Å². The highest BCUT2D eigenvalue weighted by Gasteiger charge is 2.12. The summed E-state index contributed by atoms with van der Waals surface area (Å²) in [5.74, 6) is 0.456. The zero-order valence-electron chi connectivity index (χ0n) is 14.0. The molecule has 4 heterocycles. The average molecular weight is 345 g/mol. The van der Waals surface area contributed by atoms with E-state index in [4.69, 9.17) is 4.74 Å². The van der Waals surface area contributed by atoms with Crippen LogP contribution in [0, 0.1) is 0 Å². The summed E-state index contributed by atoms with van der Waals surface area (Å²) < 4.78 is 6.79. The third-order valence-electron chi connectivity index (χ3n) is 3.97. The molecule has 0 aromatic carbocycles. The summed E-state index contributed by atoms with van der Waals surface area (Å²) in [5, 5.41) is 0. The molecule has 0 radical (unpaired) electrons. The van der Waals surface area contributed by atoms with Crippen molar-refractivity contribution in [1.29, 1.82) is 0 Å². The Morgan fingerprint density at radius 2 is 1.88 bits per heavy atom. The van der Waals surface area contributed by atoms with E-state index in [0.717, 1.165) is 11.3 Å². The standard InChI is InChI=1S/C19H15N5O2/c1-26-18-14(6-4-10-21-18)15-7-8-16-17(23-15)19(25)24(12-22-16)11-13-5-2-3-9-20-13/h2-10,12H,11H2,1H3. The maximum absolute atomic E-state index is 12.9. The van der Waals surface area contributed by atoms with Crippen LogP contribution in [0.5, 0.6) is 5.88 Å². The van der Waals surface area contributed by atoms with E-state index in [-0.39, 0.29) is 5.56 Å². The Balaban J connectivity index is 1.82. The van der Waals surface area contributed by atoms with Gasteiger partial charge in [0.25, 0.3) is 5.56 Å². The molecular formula is C19H15N5O2. The summed E-state index contributed by atoms with van der Waals surface area (Å²) in [6.07, 6.45) is 4.86. The number of ether oxygens (including phenoxy) is 1. The van der Waals surface area contributed by atoms with Gasteiger partial charge in [0.1, 0.15) is 0 Å². The Kier molecular flexibility index (Phi) is 4.10. The molecule has 0 bridgehead atoms. The van der Waals surface area contributed by atoms with Crippen LogP contribution in [-0.2, 0) is 6.54 Å². The van der Waals surface area contributed by atoms with Crippen molar-refractivity contribution < 1.29 is 4.74 Å². The fourth-order valence-electron chi connectivity index (χ4n) is 2.71. The number of nitrogens with zero attached hydrogens (tertiary/aromatic N) is 5. The summed E-state index contributed by atoms with van der Waals surface area (Å²) >= 11 is 0. The number of fused-ring (bicyclic) bond motifs is 1. The van der Waals surface area contributed by atoms with E-state index in [1.165, 1.54) is 10.9 Å². The maximum atomic E-state index is 12.9. The van der Waals surface area contributed by atoms with Gasteiger partial charge >= 0.3 is 0 Å². The topological polar surface area (TPSA) is 82.8 Å². The molecule has 4 aromatic heterocycles. The molecular weight excluding hydrogens is 330 g/mol. The van der Waals surface area contributed by atoms with Crippen molar-refractivity contribution in [2.24, 2.45) is 0 Å². The molecule has 7 heteroatoms. The molecule has 0 saturated carbocycles. The summed E-state index contributed by atoms with van der Waals surface area (Å²) in [7, 11) is 1.55. The van der Waals surface area contributed by atoms with Crippen molar-refractivity contribution in [3.63, 3.8) is 0 Å². The predicted octanol–water partition coefficient (Wildman–Crippen LogP) is 2.31. The third kappa shape index (κ3) is 2.90. The number of aromatic nitrogens is 5. The van der Waals surface area contributed by atoms with Gasteiger partial charge in [-0.15, -0.1) is 0 Å². The Hall–Kier alpha value is -3.61. The molecule has 0 fully saturated rings. The molecule has 0 saturated heterocycles. The van der Waals surface area contributed by atoms with E-state index in [2.05, 4.69) is 19.9 Å². The Morgan fingerprint density at radius 1 is 1.00 bits per heavy atom. The summed E-state index contributed by atoms with van der Waals surface area (Å²) in [6.45, 7) is 0.338. The number of hydrogen-bond donors (Lipinski definition) is 0. The van der Waals surface area contributed by atoms with E-state index in [9.17, 15) is 4.79 Å². The maximum Gasteiger partial charge on any atom is 0.280 e. The largest absolute Gasteiger partial charge is 0.481 e. The van der Waals surface area contributed by atoms with Gasteiger partial charge in [-0.25, -0.2) is 15.0 Å². The quantitative estimate of drug-likeness (QED) is 0.564. The van der Waals surface area contributed by atoms with Gasteiger partial charge in [-0.3, -0.25) is 14.3 Å². The molecule has 0 spiro atoms. The van der Waals surface area contributed by atoms with Gasteiger partial charge in [-0.1, -0.05) is 6.07 Å². The average Bonchev–Trinajstić information content (AvgIpc) is 2.71. The highest BCUT2D eigenvalue weighted by Crippen LogP contribution is 2.26. The molecule has 128 valence electrons. The predicted molar refractivity (Wildman–Crippen MR) is 96.9 cm³/mol. The van der Waals surface area contributed by atoms with Crippen molar-refractivity contribution >= 4 is 11.0 Å². The first-order valence-corrected chi connectivity index (χ1v) is 8.02. The van der Waals surface area contributed by atoms with Crippen molar-refractivity contribution in [3.05, 3.63) is 77.2 Å². The van der Waals surface area contributed by atoms with Gasteiger partial charge in [0.05, 0.1) is 42.4 Å². The van der Waals surface area contributed by atoms with Gasteiger partial charge in [-0.2, -0.15) is 0 Å². The van der Waals surface area contributed by atoms with Crippen LogP contribution in [0.1, 0.15) is 5.69 Å². The molecule has 0 atom stereocenters. The molecule has 0 aliphatic rings. The SMILES string of the molecule is COc1ncccc1-c1ccc2ncn(Cc3ccccn3)c(=O)c2n1. The second-order valence-electron chi connectivity index (χ2n) is 5.62. The Labute approximate surface area is 149 Å². The molecule has 0 aliphatic heterocycles. The monoisotopic (exact) mass is 345 g/mol. The van der Waals surface area contributed by atoms with E-state index < -0.39 is 0 Å². The van der Waals surface area contributed by atoms with Crippen LogP contribution in [0.3, 0.4) is 0 Å². The second-order valence-corrected chi connectivity index (χ2v) is 5.62. The first kappa shape index (κ1) is 15.9. The molecule has 0 N–H and O–H groups in total. The molecule has 4 aromatic rings. The zero-order chi connectivity index (χ0) is 17.9. The minimum absolute atomic E-state index is 0.217. The van der Waals surface area contributed by atoms with E-state index >= 15 is 0 Å². The highest BCUT2D eigenvalue weighted by molar-refractivity contribution is 5.78. The lowest BCUT2D eigenvalue weighted by molar-refractivity contribution is 0.399. The van der Waals surface area contributed by atoms with Crippen molar-refractivity contribution in [2.75, 3.05) is 7.11 Å². The Morgan fingerprint density at radius 3 is 2.69 bits per heavy atom. The fraction of sp³-hybridized carbons (Fsp3) is 0.105. The van der Waals surface area contributed by atoms with Crippen LogP contribution in [0.4, 0.5) is 0 Å². The summed E-state index contributed by atoms with van der Waals surface area (Å²) in [4.78, 5) is 30.1. The molecule has 0 amide bonds. The first-order valence-electron chi connectivity index (χ1n) is 8.02. The van der Waals surface area contributed by atoms with E-state index in [1.807, 2.05) is 24.3 Å². The Bertz CT molecular complexity index is 1130. The third-order valence-corrected chi connectivity index (χ3v) is 3.97. The van der Waals surface area contributed by atoms with Crippen LogP contribution in [0.15, 0.2) is 66.0 Å². The van der Waals surface area contributed by atoms with Gasteiger partial charge in [0.2, 0.25) is 5.88 Å². The number of hydrogen-bond acceptors (Lipinski definition) is 6. The summed E-state index contributed by atoms with van der Waals surface area (Å²) in [5.41, 5.74) is 2.73. The molecule has 4 rings (SSSR count). The fourth-order valence-corrected chi connectivity index (χ4v) is 2.71. The smallest absolute Gasteiger partial charge is 0.280 e. The second kappa shape index (κ2) is 6.72. The van der Waals surface area contributed by atoms with Crippen LogP contribution >= 0.6 is 0 Å². The van der Waals surface area contributed by atoms with Crippen LogP contribution in [0.2, 0.25) is 0 Å². The zero-order valence-corrected chi connectivity index (χ0v) is 14.0.